The van der Waals surface area contributed by atoms with Crippen LogP contribution >= 0.6 is 0 Å². The monoisotopic (exact) mass is 275 g/mol. The van der Waals surface area contributed by atoms with Crippen molar-refractivity contribution >= 4 is 6.08 Å². The number of fused-ring (bicyclic) bond motifs is 1. The van der Waals surface area contributed by atoms with Gasteiger partial charge >= 0.3 is 0 Å². The Morgan fingerprint density at radius 3 is 2.70 bits per heavy atom. The lowest BCUT2D eigenvalue weighted by molar-refractivity contribution is -0.433. The summed E-state index contributed by atoms with van der Waals surface area (Å²) in [4.78, 5) is 10.9. The predicted molar refractivity (Wildman–Crippen MR) is 79.2 cm³/mol. The minimum absolute atomic E-state index is 0.180. The number of hydrogen-bond donors (Lipinski definition) is 0. The van der Waals surface area contributed by atoms with Gasteiger partial charge in [0.25, 0.3) is 5.70 Å². The summed E-state index contributed by atoms with van der Waals surface area (Å²) in [5.41, 5.74) is 0.973. The van der Waals surface area contributed by atoms with Gasteiger partial charge in [-0.3, -0.25) is 10.1 Å². The molecule has 20 heavy (non-hydrogen) atoms. The molecule has 0 fully saturated rings. The van der Waals surface area contributed by atoms with Crippen LogP contribution in [0.1, 0.15) is 51.0 Å². The molecule has 1 aromatic carbocycles. The normalized spacial score (nSPS) is 17.1. The molecule has 0 saturated heterocycles. The number of nitro groups is 1. The molecule has 0 radical (unpaired) electrons. The van der Waals surface area contributed by atoms with Crippen LogP contribution in [0, 0.1) is 10.1 Å². The van der Waals surface area contributed by atoms with Gasteiger partial charge in [0.15, 0.2) is 6.10 Å². The van der Waals surface area contributed by atoms with E-state index in [-0.39, 0.29) is 10.6 Å². The van der Waals surface area contributed by atoms with Crippen molar-refractivity contribution in [2.24, 2.45) is 0 Å². The second-order valence-corrected chi connectivity index (χ2v) is 5.17. The van der Waals surface area contributed by atoms with Gasteiger partial charge in [-0.15, -0.1) is 0 Å². The molecular formula is C16H21NO3. The van der Waals surface area contributed by atoms with Crippen LogP contribution < -0.4 is 4.74 Å². The molecule has 1 aliphatic heterocycles. The van der Waals surface area contributed by atoms with E-state index in [2.05, 4.69) is 6.92 Å². The minimum atomic E-state index is -0.415. The highest BCUT2D eigenvalue weighted by molar-refractivity contribution is 5.61. The molecule has 0 unspecified atom stereocenters. The first-order chi connectivity index (χ1) is 9.72. The van der Waals surface area contributed by atoms with E-state index < -0.39 is 6.10 Å². The van der Waals surface area contributed by atoms with Crippen LogP contribution in [0.25, 0.3) is 6.08 Å². The lowest BCUT2D eigenvalue weighted by Gasteiger charge is -2.22. The van der Waals surface area contributed by atoms with E-state index in [4.69, 9.17) is 4.74 Å². The van der Waals surface area contributed by atoms with Crippen molar-refractivity contribution in [2.75, 3.05) is 0 Å². The number of para-hydroxylation sites is 1. The smallest absolute Gasteiger partial charge is 0.287 e. The van der Waals surface area contributed by atoms with E-state index in [0.717, 1.165) is 24.2 Å². The Labute approximate surface area is 119 Å². The molecule has 0 amide bonds. The summed E-state index contributed by atoms with van der Waals surface area (Å²) in [5.74, 6) is 0.747. The van der Waals surface area contributed by atoms with Gasteiger partial charge in [-0.1, -0.05) is 50.8 Å². The van der Waals surface area contributed by atoms with Crippen molar-refractivity contribution < 1.29 is 9.66 Å². The summed E-state index contributed by atoms with van der Waals surface area (Å²) in [6.07, 6.45) is 7.65. The molecule has 4 nitrogen and oxygen atoms in total. The average molecular weight is 275 g/mol. The van der Waals surface area contributed by atoms with Gasteiger partial charge < -0.3 is 4.74 Å². The fourth-order valence-electron chi connectivity index (χ4n) is 2.48. The van der Waals surface area contributed by atoms with Crippen molar-refractivity contribution in [2.45, 2.75) is 51.6 Å². The maximum Gasteiger partial charge on any atom is 0.287 e. The van der Waals surface area contributed by atoms with Gasteiger partial charge in [0.2, 0.25) is 0 Å². The standard InChI is InChI=1S/C16H21NO3/c1-2-3-4-5-6-11-16-14(17(18)19)12-13-9-7-8-10-15(13)20-16/h7-10,12,16H,2-6,11H2,1H3/t16-/m1/s1. The van der Waals surface area contributed by atoms with Crippen LogP contribution in [-0.4, -0.2) is 11.0 Å². The molecule has 0 N–H and O–H groups in total. The highest BCUT2D eigenvalue weighted by Gasteiger charge is 2.30. The number of hydrogen-bond acceptors (Lipinski definition) is 3. The second kappa shape index (κ2) is 7.08. The zero-order valence-electron chi connectivity index (χ0n) is 11.9. The highest BCUT2D eigenvalue weighted by Crippen LogP contribution is 2.31. The molecule has 4 heteroatoms. The van der Waals surface area contributed by atoms with Crippen LogP contribution in [0.3, 0.4) is 0 Å². The van der Waals surface area contributed by atoms with Gasteiger partial charge in [-0.25, -0.2) is 0 Å². The first-order valence-electron chi connectivity index (χ1n) is 7.34. The van der Waals surface area contributed by atoms with Crippen LogP contribution in [0.5, 0.6) is 5.75 Å². The third kappa shape index (κ3) is 3.59. The van der Waals surface area contributed by atoms with E-state index in [1.54, 1.807) is 6.08 Å². The van der Waals surface area contributed by atoms with Gasteiger partial charge in [-0.2, -0.15) is 0 Å². The predicted octanol–water partition coefficient (Wildman–Crippen LogP) is 4.43. The number of rotatable bonds is 7. The van der Waals surface area contributed by atoms with Gasteiger partial charge in [0.1, 0.15) is 5.75 Å². The summed E-state index contributed by atoms with van der Waals surface area (Å²) in [7, 11) is 0. The average Bonchev–Trinajstić information content (AvgIpc) is 2.46. The van der Waals surface area contributed by atoms with E-state index in [1.165, 1.54) is 19.3 Å². The first kappa shape index (κ1) is 14.6. The fraction of sp³-hybridized carbons (Fsp3) is 0.500. The Bertz CT molecular complexity index is 496. The third-order valence-corrected chi connectivity index (χ3v) is 3.60. The van der Waals surface area contributed by atoms with E-state index in [0.29, 0.717) is 6.42 Å². The Balaban J connectivity index is 2.00. The fourth-order valence-corrected chi connectivity index (χ4v) is 2.48. The Hall–Kier alpha value is -1.84. The van der Waals surface area contributed by atoms with Crippen LogP contribution in [0.2, 0.25) is 0 Å². The quantitative estimate of drug-likeness (QED) is 0.420. The SMILES string of the molecule is CCCCCCC[C@H]1Oc2ccccc2C=C1[N+](=O)[O-]. The van der Waals surface area contributed by atoms with Gasteiger partial charge in [0.05, 0.1) is 4.92 Å². The molecule has 0 aliphatic carbocycles. The van der Waals surface area contributed by atoms with Crippen molar-refractivity contribution in [3.63, 3.8) is 0 Å². The Morgan fingerprint density at radius 2 is 1.95 bits per heavy atom. The zero-order valence-corrected chi connectivity index (χ0v) is 11.9. The molecule has 0 bridgehead atoms. The molecule has 0 spiro atoms. The first-order valence-corrected chi connectivity index (χ1v) is 7.34. The zero-order chi connectivity index (χ0) is 14.4. The van der Waals surface area contributed by atoms with Crippen LogP contribution in [0.4, 0.5) is 0 Å². The molecule has 0 aromatic heterocycles. The summed E-state index contributed by atoms with van der Waals surface area (Å²) >= 11 is 0. The molecule has 1 atom stereocenters. The second-order valence-electron chi connectivity index (χ2n) is 5.17. The topological polar surface area (TPSA) is 52.4 Å². The van der Waals surface area contributed by atoms with Crippen LogP contribution in [-0.2, 0) is 0 Å². The lowest BCUT2D eigenvalue weighted by atomic mass is 10.0. The van der Waals surface area contributed by atoms with Crippen molar-refractivity contribution in [3.8, 4) is 5.75 Å². The maximum atomic E-state index is 11.2. The molecule has 1 aromatic rings. The van der Waals surface area contributed by atoms with Crippen molar-refractivity contribution in [3.05, 3.63) is 45.6 Å². The molecule has 2 rings (SSSR count). The molecular weight excluding hydrogens is 254 g/mol. The molecule has 0 saturated carbocycles. The lowest BCUT2D eigenvalue weighted by Crippen LogP contribution is -2.26. The van der Waals surface area contributed by atoms with Gasteiger partial charge in [-0.05, 0) is 18.9 Å². The molecule has 1 heterocycles. The number of ether oxygens (including phenoxy) is 1. The summed E-state index contributed by atoms with van der Waals surface area (Å²) < 4.78 is 5.80. The minimum Gasteiger partial charge on any atom is -0.479 e. The Morgan fingerprint density at radius 1 is 1.20 bits per heavy atom. The largest absolute Gasteiger partial charge is 0.479 e. The maximum absolute atomic E-state index is 11.2. The molecule has 1 aliphatic rings. The summed E-state index contributed by atoms with van der Waals surface area (Å²) in [6.45, 7) is 2.18. The number of unbranched alkanes of at least 4 members (excludes halogenated alkanes) is 4. The number of nitrogens with zero attached hydrogens (tertiary/aromatic N) is 1. The van der Waals surface area contributed by atoms with E-state index in [9.17, 15) is 10.1 Å². The van der Waals surface area contributed by atoms with E-state index in [1.807, 2.05) is 24.3 Å². The van der Waals surface area contributed by atoms with Gasteiger partial charge in [0, 0.05) is 11.6 Å². The summed E-state index contributed by atoms with van der Waals surface area (Å²) in [6, 6.07) is 7.46. The number of benzene rings is 1. The highest BCUT2D eigenvalue weighted by atomic mass is 16.6. The Kier molecular flexibility index (Phi) is 5.16. The third-order valence-electron chi connectivity index (χ3n) is 3.60. The molecule has 108 valence electrons. The van der Waals surface area contributed by atoms with Crippen molar-refractivity contribution in [1.29, 1.82) is 0 Å². The summed E-state index contributed by atoms with van der Waals surface area (Å²) in [5, 5.41) is 11.2. The van der Waals surface area contributed by atoms with Crippen LogP contribution in [0.15, 0.2) is 30.0 Å². The van der Waals surface area contributed by atoms with Crippen molar-refractivity contribution in [1.82, 2.24) is 0 Å². The van der Waals surface area contributed by atoms with E-state index >= 15 is 0 Å².